The highest BCUT2D eigenvalue weighted by Gasteiger charge is 2.21. The molecule has 1 aliphatic rings. The first kappa shape index (κ1) is 10.5. The summed E-state index contributed by atoms with van der Waals surface area (Å²) in [6, 6.07) is 2.88. The van der Waals surface area contributed by atoms with Crippen LogP contribution in [-0.4, -0.2) is 22.4 Å². The van der Waals surface area contributed by atoms with E-state index in [1.54, 1.807) is 4.90 Å². The van der Waals surface area contributed by atoms with Crippen LogP contribution in [0.25, 0.3) is 0 Å². The van der Waals surface area contributed by atoms with Gasteiger partial charge in [0.2, 0.25) is 5.91 Å². The lowest BCUT2D eigenvalue weighted by Gasteiger charge is -2.25. The van der Waals surface area contributed by atoms with Gasteiger partial charge in [-0.3, -0.25) is 19.8 Å². The summed E-state index contributed by atoms with van der Waals surface area (Å²) < 4.78 is 0. The van der Waals surface area contributed by atoms with E-state index >= 15 is 0 Å². The van der Waals surface area contributed by atoms with Crippen molar-refractivity contribution < 1.29 is 9.72 Å². The predicted octanol–water partition coefficient (Wildman–Crippen LogP) is 1.51. The molecule has 1 aliphatic heterocycles. The van der Waals surface area contributed by atoms with Crippen molar-refractivity contribution in [3.63, 3.8) is 0 Å². The number of nitro groups is 1. The minimum atomic E-state index is -0.505. The van der Waals surface area contributed by atoms with E-state index in [9.17, 15) is 14.9 Å². The molecule has 6 nitrogen and oxygen atoms in total. The minimum Gasteiger partial charge on any atom is -0.297 e. The van der Waals surface area contributed by atoms with Crippen molar-refractivity contribution in [1.82, 2.24) is 4.98 Å². The zero-order valence-corrected chi connectivity index (χ0v) is 8.63. The van der Waals surface area contributed by atoms with Crippen molar-refractivity contribution >= 4 is 17.4 Å². The van der Waals surface area contributed by atoms with Crippen LogP contribution >= 0.6 is 0 Å². The van der Waals surface area contributed by atoms with E-state index in [-0.39, 0.29) is 11.6 Å². The number of pyridine rings is 1. The topological polar surface area (TPSA) is 76.3 Å². The quantitative estimate of drug-likeness (QED) is 0.560. The molecule has 2 rings (SSSR count). The molecular weight excluding hydrogens is 210 g/mol. The fraction of sp³-hybridized carbons (Fsp3) is 0.400. The summed E-state index contributed by atoms with van der Waals surface area (Å²) in [4.78, 5) is 27.0. The Labute approximate surface area is 92.0 Å². The molecule has 0 N–H and O–H groups in total. The first-order valence-corrected chi connectivity index (χ1v) is 5.09. The zero-order valence-electron chi connectivity index (χ0n) is 8.63. The van der Waals surface area contributed by atoms with Crippen LogP contribution in [0.5, 0.6) is 0 Å². The van der Waals surface area contributed by atoms with Crippen LogP contribution in [0.1, 0.15) is 19.3 Å². The number of amides is 1. The van der Waals surface area contributed by atoms with Crippen LogP contribution in [-0.2, 0) is 4.79 Å². The number of aromatic nitrogens is 1. The van der Waals surface area contributed by atoms with Crippen LogP contribution < -0.4 is 4.90 Å². The second kappa shape index (κ2) is 4.26. The van der Waals surface area contributed by atoms with Gasteiger partial charge in [-0.1, -0.05) is 0 Å². The van der Waals surface area contributed by atoms with Crippen LogP contribution in [0.3, 0.4) is 0 Å². The van der Waals surface area contributed by atoms with E-state index in [1.807, 2.05) is 0 Å². The van der Waals surface area contributed by atoms with Crippen molar-refractivity contribution in [1.29, 1.82) is 0 Å². The van der Waals surface area contributed by atoms with Crippen LogP contribution in [0.15, 0.2) is 18.3 Å². The summed E-state index contributed by atoms with van der Waals surface area (Å²) in [5.41, 5.74) is -0.0618. The highest BCUT2D eigenvalue weighted by atomic mass is 16.6. The van der Waals surface area contributed by atoms with E-state index in [0.717, 1.165) is 12.8 Å². The number of carbonyl (C=O) groups is 1. The highest BCUT2D eigenvalue weighted by molar-refractivity contribution is 5.93. The molecule has 0 aromatic carbocycles. The highest BCUT2D eigenvalue weighted by Crippen LogP contribution is 2.20. The lowest BCUT2D eigenvalue weighted by Crippen LogP contribution is -2.35. The lowest BCUT2D eigenvalue weighted by atomic mass is 10.1. The summed E-state index contributed by atoms with van der Waals surface area (Å²) >= 11 is 0. The second-order valence-corrected chi connectivity index (χ2v) is 3.63. The van der Waals surface area contributed by atoms with Crippen molar-refractivity contribution in [3.8, 4) is 0 Å². The fourth-order valence-corrected chi connectivity index (χ4v) is 1.69. The van der Waals surface area contributed by atoms with Gasteiger partial charge in [-0.25, -0.2) is 4.98 Å². The Morgan fingerprint density at radius 3 is 2.75 bits per heavy atom. The first-order chi connectivity index (χ1) is 7.68. The smallest absolute Gasteiger partial charge is 0.287 e. The second-order valence-electron chi connectivity index (χ2n) is 3.63. The molecule has 1 fully saturated rings. The van der Waals surface area contributed by atoms with Gasteiger partial charge in [0.15, 0.2) is 0 Å². The number of anilines is 1. The van der Waals surface area contributed by atoms with Crippen molar-refractivity contribution in [2.45, 2.75) is 19.3 Å². The number of carbonyl (C=O) groups excluding carboxylic acids is 1. The summed E-state index contributed by atoms with van der Waals surface area (Å²) in [6.45, 7) is 0.643. The third-order valence-corrected chi connectivity index (χ3v) is 2.54. The Hall–Kier alpha value is -1.98. The molecule has 0 saturated carbocycles. The van der Waals surface area contributed by atoms with Gasteiger partial charge in [0, 0.05) is 19.0 Å². The molecule has 0 unspecified atom stereocenters. The monoisotopic (exact) mass is 221 g/mol. The summed E-state index contributed by atoms with van der Waals surface area (Å²) in [5, 5.41) is 10.4. The van der Waals surface area contributed by atoms with Gasteiger partial charge in [-0.15, -0.1) is 0 Å². The third kappa shape index (κ3) is 2.00. The molecule has 2 heterocycles. The van der Waals surface area contributed by atoms with E-state index < -0.39 is 4.92 Å². The normalized spacial score (nSPS) is 16.2. The lowest BCUT2D eigenvalue weighted by molar-refractivity contribution is -0.385. The van der Waals surface area contributed by atoms with Crippen LogP contribution in [0, 0.1) is 10.1 Å². The summed E-state index contributed by atoms with van der Waals surface area (Å²) in [7, 11) is 0. The molecule has 6 heteroatoms. The van der Waals surface area contributed by atoms with Crippen molar-refractivity contribution in [2.24, 2.45) is 0 Å². The standard InChI is InChI=1S/C10H11N3O3/c14-10-3-1-2-6-12(10)9-5-4-8(7-11-9)13(15)16/h4-5,7H,1-3,6H2. The molecule has 0 spiro atoms. The molecule has 84 valence electrons. The fourth-order valence-electron chi connectivity index (χ4n) is 1.69. The number of hydrogen-bond acceptors (Lipinski definition) is 4. The summed E-state index contributed by atoms with van der Waals surface area (Å²) in [5.74, 6) is 0.530. The molecule has 0 radical (unpaired) electrons. The number of piperidine rings is 1. The Kier molecular flexibility index (Phi) is 2.80. The van der Waals surface area contributed by atoms with Gasteiger partial charge in [0.25, 0.3) is 5.69 Å². The average molecular weight is 221 g/mol. The largest absolute Gasteiger partial charge is 0.297 e. The molecule has 1 amide bonds. The third-order valence-electron chi connectivity index (χ3n) is 2.54. The van der Waals surface area contributed by atoms with E-state index in [0.29, 0.717) is 18.8 Å². The Bertz CT molecular complexity index is 416. The predicted molar refractivity (Wildman–Crippen MR) is 57.1 cm³/mol. The SMILES string of the molecule is O=C1CCCCN1c1ccc([N+](=O)[O-])cn1. The molecule has 0 bridgehead atoms. The van der Waals surface area contributed by atoms with Crippen molar-refractivity contribution in [3.05, 3.63) is 28.4 Å². The molecule has 1 aromatic rings. The van der Waals surface area contributed by atoms with Gasteiger partial charge < -0.3 is 0 Å². The molecule has 1 aromatic heterocycles. The maximum Gasteiger partial charge on any atom is 0.287 e. The Balaban J connectivity index is 2.20. The van der Waals surface area contributed by atoms with Gasteiger partial charge in [0.1, 0.15) is 12.0 Å². The van der Waals surface area contributed by atoms with Crippen LogP contribution in [0.4, 0.5) is 11.5 Å². The zero-order chi connectivity index (χ0) is 11.5. The van der Waals surface area contributed by atoms with E-state index in [4.69, 9.17) is 0 Å². The number of hydrogen-bond donors (Lipinski definition) is 0. The average Bonchev–Trinajstić information content (AvgIpc) is 2.30. The molecule has 0 aliphatic carbocycles. The Morgan fingerprint density at radius 1 is 1.38 bits per heavy atom. The molecular formula is C10H11N3O3. The van der Waals surface area contributed by atoms with Gasteiger partial charge in [0.05, 0.1) is 4.92 Å². The van der Waals surface area contributed by atoms with Gasteiger partial charge in [-0.2, -0.15) is 0 Å². The van der Waals surface area contributed by atoms with Gasteiger partial charge in [-0.05, 0) is 18.9 Å². The van der Waals surface area contributed by atoms with E-state index in [1.165, 1.54) is 18.3 Å². The molecule has 1 saturated heterocycles. The maximum atomic E-state index is 11.6. The molecule has 16 heavy (non-hydrogen) atoms. The maximum absolute atomic E-state index is 11.6. The van der Waals surface area contributed by atoms with Crippen molar-refractivity contribution in [2.75, 3.05) is 11.4 Å². The first-order valence-electron chi connectivity index (χ1n) is 5.09. The van der Waals surface area contributed by atoms with Gasteiger partial charge >= 0.3 is 0 Å². The van der Waals surface area contributed by atoms with Crippen LogP contribution in [0.2, 0.25) is 0 Å². The number of nitrogens with zero attached hydrogens (tertiary/aromatic N) is 3. The number of rotatable bonds is 2. The Morgan fingerprint density at radius 2 is 2.19 bits per heavy atom. The minimum absolute atomic E-state index is 0.0348. The molecule has 0 atom stereocenters. The van der Waals surface area contributed by atoms with E-state index in [2.05, 4.69) is 4.98 Å². The summed E-state index contributed by atoms with van der Waals surface area (Å²) in [6.07, 6.45) is 3.56.